The van der Waals surface area contributed by atoms with Crippen molar-refractivity contribution >= 4 is 0 Å². The Kier molecular flexibility index (Phi) is 3.39. The minimum Gasteiger partial charge on any atom is -0.316 e. The van der Waals surface area contributed by atoms with Gasteiger partial charge in [0, 0.05) is 25.2 Å². The Balaban J connectivity index is 1.65. The first-order valence-corrected chi connectivity index (χ1v) is 7.27. The summed E-state index contributed by atoms with van der Waals surface area (Å²) in [4.78, 5) is 2.71. The van der Waals surface area contributed by atoms with Crippen molar-refractivity contribution in [2.45, 2.75) is 57.4 Å². The van der Waals surface area contributed by atoms with Crippen LogP contribution in [0.3, 0.4) is 0 Å². The zero-order valence-electron chi connectivity index (χ0n) is 10.9. The molecule has 0 aromatic heterocycles. The van der Waals surface area contributed by atoms with Crippen LogP contribution in [0.25, 0.3) is 0 Å². The van der Waals surface area contributed by atoms with Crippen LogP contribution in [-0.2, 0) is 0 Å². The molecule has 3 aliphatic rings. The highest BCUT2D eigenvalue weighted by atomic mass is 15.4. The van der Waals surface area contributed by atoms with Gasteiger partial charge < -0.3 is 5.73 Å². The molecule has 0 aromatic rings. The van der Waals surface area contributed by atoms with Crippen LogP contribution in [0.1, 0.15) is 39.0 Å². The summed E-state index contributed by atoms with van der Waals surface area (Å²) in [5, 5.41) is 6.93. The molecule has 3 rings (SSSR count). The Hall–Kier alpha value is -0.160. The Morgan fingerprint density at radius 1 is 1.24 bits per heavy atom. The standard InChI is InChI=1S/C13H26N4/c1-2-9-3-4-10(7-9)17-6-5-11-12(14)15-8-16-13(11)17/h9-13,15-16H,2-8,14H2,1H3. The van der Waals surface area contributed by atoms with Gasteiger partial charge in [0.25, 0.3) is 0 Å². The molecule has 98 valence electrons. The van der Waals surface area contributed by atoms with E-state index in [1.54, 1.807) is 0 Å². The molecule has 2 aliphatic heterocycles. The molecular formula is C13H26N4. The molecule has 0 aromatic carbocycles. The van der Waals surface area contributed by atoms with Gasteiger partial charge in [-0.05, 0) is 31.6 Å². The zero-order chi connectivity index (χ0) is 11.8. The van der Waals surface area contributed by atoms with Gasteiger partial charge in [-0.1, -0.05) is 13.3 Å². The van der Waals surface area contributed by atoms with Crippen molar-refractivity contribution in [3.05, 3.63) is 0 Å². The van der Waals surface area contributed by atoms with E-state index < -0.39 is 0 Å². The molecule has 2 saturated heterocycles. The molecule has 4 N–H and O–H groups in total. The van der Waals surface area contributed by atoms with Crippen molar-refractivity contribution in [2.75, 3.05) is 13.2 Å². The lowest BCUT2D eigenvalue weighted by Crippen LogP contribution is -2.63. The summed E-state index contributed by atoms with van der Waals surface area (Å²) in [5.41, 5.74) is 6.16. The first kappa shape index (κ1) is 11.9. The molecule has 1 aliphatic carbocycles. The Morgan fingerprint density at radius 3 is 2.88 bits per heavy atom. The van der Waals surface area contributed by atoms with Crippen molar-refractivity contribution in [1.82, 2.24) is 15.5 Å². The van der Waals surface area contributed by atoms with Gasteiger partial charge in [-0.3, -0.25) is 15.5 Å². The molecule has 0 radical (unpaired) electrons. The largest absolute Gasteiger partial charge is 0.316 e. The second-order valence-electron chi connectivity index (χ2n) is 5.99. The van der Waals surface area contributed by atoms with E-state index in [9.17, 15) is 0 Å². The van der Waals surface area contributed by atoms with Crippen LogP contribution in [0.5, 0.6) is 0 Å². The molecule has 1 saturated carbocycles. The second-order valence-corrected chi connectivity index (χ2v) is 5.99. The fourth-order valence-corrected chi connectivity index (χ4v) is 4.05. The fraction of sp³-hybridized carbons (Fsp3) is 1.00. The normalized spacial score (nSPS) is 47.3. The van der Waals surface area contributed by atoms with Crippen LogP contribution in [-0.4, -0.2) is 36.5 Å². The first-order valence-electron chi connectivity index (χ1n) is 7.27. The fourth-order valence-electron chi connectivity index (χ4n) is 4.05. The third-order valence-corrected chi connectivity index (χ3v) is 5.15. The number of likely N-dealkylation sites (tertiary alicyclic amines) is 1. The highest BCUT2D eigenvalue weighted by Gasteiger charge is 2.43. The van der Waals surface area contributed by atoms with Crippen LogP contribution < -0.4 is 16.4 Å². The lowest BCUT2D eigenvalue weighted by molar-refractivity contribution is 0.0946. The average molecular weight is 238 g/mol. The van der Waals surface area contributed by atoms with E-state index >= 15 is 0 Å². The van der Waals surface area contributed by atoms with Crippen LogP contribution in [0.2, 0.25) is 0 Å². The van der Waals surface area contributed by atoms with E-state index in [0.29, 0.717) is 12.1 Å². The molecule has 5 atom stereocenters. The predicted octanol–water partition coefficient (Wildman–Crippen LogP) is 0.648. The molecule has 0 amide bonds. The number of fused-ring (bicyclic) bond motifs is 1. The van der Waals surface area contributed by atoms with Crippen molar-refractivity contribution in [1.29, 1.82) is 0 Å². The molecule has 4 heteroatoms. The van der Waals surface area contributed by atoms with Crippen molar-refractivity contribution < 1.29 is 0 Å². The van der Waals surface area contributed by atoms with Crippen LogP contribution in [0.15, 0.2) is 0 Å². The number of nitrogens with two attached hydrogens (primary N) is 1. The predicted molar refractivity (Wildman–Crippen MR) is 69.1 cm³/mol. The summed E-state index contributed by atoms with van der Waals surface area (Å²) in [6, 6.07) is 0.813. The molecule has 5 unspecified atom stereocenters. The summed E-state index contributed by atoms with van der Waals surface area (Å²) in [6.45, 7) is 4.43. The molecule has 4 nitrogen and oxygen atoms in total. The maximum absolute atomic E-state index is 6.16. The maximum Gasteiger partial charge on any atom is 0.0666 e. The van der Waals surface area contributed by atoms with E-state index in [1.807, 2.05) is 0 Å². The number of nitrogens with one attached hydrogen (secondary N) is 2. The Bertz CT molecular complexity index is 270. The van der Waals surface area contributed by atoms with Gasteiger partial charge in [-0.15, -0.1) is 0 Å². The Morgan fingerprint density at radius 2 is 2.12 bits per heavy atom. The summed E-state index contributed by atoms with van der Waals surface area (Å²) < 4.78 is 0. The van der Waals surface area contributed by atoms with Gasteiger partial charge in [-0.2, -0.15) is 0 Å². The maximum atomic E-state index is 6.16. The van der Waals surface area contributed by atoms with Gasteiger partial charge in [0.1, 0.15) is 0 Å². The topological polar surface area (TPSA) is 53.3 Å². The molecule has 17 heavy (non-hydrogen) atoms. The smallest absolute Gasteiger partial charge is 0.0666 e. The zero-order valence-corrected chi connectivity index (χ0v) is 10.9. The Labute approximate surface area is 104 Å². The SMILES string of the molecule is CCC1CCC(N2CCC3C(N)NCNC32)C1. The van der Waals surface area contributed by atoms with Crippen molar-refractivity contribution in [3.63, 3.8) is 0 Å². The van der Waals surface area contributed by atoms with Gasteiger partial charge in [-0.25, -0.2) is 0 Å². The van der Waals surface area contributed by atoms with E-state index in [0.717, 1.165) is 18.6 Å². The summed E-state index contributed by atoms with van der Waals surface area (Å²) in [5.74, 6) is 1.57. The third kappa shape index (κ3) is 2.12. The van der Waals surface area contributed by atoms with Gasteiger partial charge in [0.05, 0.1) is 12.3 Å². The van der Waals surface area contributed by atoms with Gasteiger partial charge in [0.2, 0.25) is 0 Å². The van der Waals surface area contributed by atoms with Crippen LogP contribution >= 0.6 is 0 Å². The lowest BCUT2D eigenvalue weighted by atomic mass is 10.0. The highest BCUT2D eigenvalue weighted by Crippen LogP contribution is 2.37. The summed E-state index contributed by atoms with van der Waals surface area (Å²) in [6.07, 6.45) is 7.56. The highest BCUT2D eigenvalue weighted by molar-refractivity contribution is 4.97. The minimum atomic E-state index is 0.189. The van der Waals surface area contributed by atoms with Crippen LogP contribution in [0.4, 0.5) is 0 Å². The lowest BCUT2D eigenvalue weighted by Gasteiger charge is -2.39. The monoisotopic (exact) mass is 238 g/mol. The minimum absolute atomic E-state index is 0.189. The molecule has 3 fully saturated rings. The summed E-state index contributed by atoms with van der Waals surface area (Å²) in [7, 11) is 0. The number of nitrogens with zero attached hydrogens (tertiary/aromatic N) is 1. The number of hydrogen-bond donors (Lipinski definition) is 3. The quantitative estimate of drug-likeness (QED) is 0.661. The van der Waals surface area contributed by atoms with Crippen LogP contribution in [0, 0.1) is 11.8 Å². The van der Waals surface area contributed by atoms with E-state index in [1.165, 1.54) is 38.6 Å². The molecule has 0 bridgehead atoms. The van der Waals surface area contributed by atoms with Gasteiger partial charge in [0.15, 0.2) is 0 Å². The number of rotatable bonds is 2. The van der Waals surface area contributed by atoms with Crippen molar-refractivity contribution in [2.24, 2.45) is 17.6 Å². The summed E-state index contributed by atoms with van der Waals surface area (Å²) >= 11 is 0. The van der Waals surface area contributed by atoms with Gasteiger partial charge >= 0.3 is 0 Å². The average Bonchev–Trinajstić information content (AvgIpc) is 2.94. The van der Waals surface area contributed by atoms with Crippen molar-refractivity contribution in [3.8, 4) is 0 Å². The molecule has 0 spiro atoms. The van der Waals surface area contributed by atoms with E-state index in [2.05, 4.69) is 22.5 Å². The molecule has 2 heterocycles. The first-order chi connectivity index (χ1) is 8.29. The molecular weight excluding hydrogens is 212 g/mol. The van der Waals surface area contributed by atoms with E-state index in [4.69, 9.17) is 5.73 Å². The second kappa shape index (κ2) is 4.84. The van der Waals surface area contributed by atoms with E-state index in [-0.39, 0.29) is 6.17 Å². The number of hydrogen-bond acceptors (Lipinski definition) is 4. The third-order valence-electron chi connectivity index (χ3n) is 5.15.